The summed E-state index contributed by atoms with van der Waals surface area (Å²) in [5.74, 6) is -1.68. The van der Waals surface area contributed by atoms with Crippen LogP contribution in [0.25, 0.3) is 0 Å². The summed E-state index contributed by atoms with van der Waals surface area (Å²) >= 11 is 0. The van der Waals surface area contributed by atoms with Gasteiger partial charge in [0.2, 0.25) is 0 Å². The first-order valence-corrected chi connectivity index (χ1v) is 6.13. The molecule has 1 amide bonds. The normalized spacial score (nSPS) is 23.7. The standard InChI is InChI=1S/C13H17FN2O2/c14-8-4-3-7-11(17)12(8)13(18)16-10-6-2-1-5-9(10)15/h3-4,7,9-10,17H,1-2,5-6,15H2,(H,16,18). The number of phenolic OH excluding ortho intramolecular Hbond substituents is 1. The summed E-state index contributed by atoms with van der Waals surface area (Å²) in [5, 5.41) is 12.2. The van der Waals surface area contributed by atoms with Gasteiger partial charge in [-0.2, -0.15) is 0 Å². The quantitative estimate of drug-likeness (QED) is 0.747. The Kier molecular flexibility index (Phi) is 3.81. The molecule has 0 aromatic heterocycles. The van der Waals surface area contributed by atoms with Crippen LogP contribution < -0.4 is 11.1 Å². The number of rotatable bonds is 2. The maximum atomic E-state index is 13.5. The Labute approximate surface area is 105 Å². The van der Waals surface area contributed by atoms with Crippen LogP contribution >= 0.6 is 0 Å². The lowest BCUT2D eigenvalue weighted by Gasteiger charge is -2.29. The molecular formula is C13H17FN2O2. The third kappa shape index (κ3) is 2.61. The number of nitrogens with two attached hydrogens (primary N) is 1. The minimum absolute atomic E-state index is 0.100. The van der Waals surface area contributed by atoms with Crippen molar-refractivity contribution in [1.82, 2.24) is 5.32 Å². The van der Waals surface area contributed by atoms with Crippen molar-refractivity contribution in [3.63, 3.8) is 0 Å². The van der Waals surface area contributed by atoms with Crippen LogP contribution in [0.2, 0.25) is 0 Å². The first-order valence-electron chi connectivity index (χ1n) is 6.13. The molecule has 98 valence electrons. The molecule has 2 rings (SSSR count). The molecule has 4 nitrogen and oxygen atoms in total. The Balaban J connectivity index is 2.12. The van der Waals surface area contributed by atoms with E-state index in [1.54, 1.807) is 0 Å². The summed E-state index contributed by atoms with van der Waals surface area (Å²) in [7, 11) is 0. The van der Waals surface area contributed by atoms with Gasteiger partial charge in [0.25, 0.3) is 5.91 Å². The van der Waals surface area contributed by atoms with Crippen LogP contribution in [0.15, 0.2) is 18.2 Å². The molecule has 1 aliphatic carbocycles. The summed E-state index contributed by atoms with van der Waals surface area (Å²) in [6.07, 6.45) is 3.71. The summed E-state index contributed by atoms with van der Waals surface area (Å²) in [6.45, 7) is 0. The topological polar surface area (TPSA) is 75.3 Å². The van der Waals surface area contributed by atoms with Crippen LogP contribution in [-0.2, 0) is 0 Å². The highest BCUT2D eigenvalue weighted by Gasteiger charge is 2.25. The van der Waals surface area contributed by atoms with Gasteiger partial charge in [0.05, 0.1) is 0 Å². The van der Waals surface area contributed by atoms with Crippen molar-refractivity contribution in [1.29, 1.82) is 0 Å². The van der Waals surface area contributed by atoms with Crippen LogP contribution in [-0.4, -0.2) is 23.1 Å². The maximum Gasteiger partial charge on any atom is 0.258 e. The van der Waals surface area contributed by atoms with E-state index in [9.17, 15) is 14.3 Å². The second-order valence-electron chi connectivity index (χ2n) is 4.66. The summed E-state index contributed by atoms with van der Waals surface area (Å²) in [6, 6.07) is 3.55. The fourth-order valence-electron chi connectivity index (χ4n) is 2.32. The average Bonchev–Trinajstić information content (AvgIpc) is 2.32. The lowest BCUT2D eigenvalue weighted by molar-refractivity contribution is 0.0914. The third-order valence-corrected chi connectivity index (χ3v) is 3.35. The van der Waals surface area contributed by atoms with E-state index in [1.807, 2.05) is 0 Å². The van der Waals surface area contributed by atoms with Crippen molar-refractivity contribution in [2.45, 2.75) is 37.8 Å². The Hall–Kier alpha value is -1.62. The fraction of sp³-hybridized carbons (Fsp3) is 0.462. The minimum Gasteiger partial charge on any atom is -0.507 e. The number of benzene rings is 1. The lowest BCUT2D eigenvalue weighted by Crippen LogP contribution is -2.49. The monoisotopic (exact) mass is 252 g/mol. The van der Waals surface area contributed by atoms with Crippen molar-refractivity contribution in [2.24, 2.45) is 5.73 Å². The molecule has 0 aliphatic heterocycles. The summed E-state index contributed by atoms with van der Waals surface area (Å²) in [5.41, 5.74) is 5.60. The zero-order chi connectivity index (χ0) is 13.1. The van der Waals surface area contributed by atoms with Gasteiger partial charge >= 0.3 is 0 Å². The predicted molar refractivity (Wildman–Crippen MR) is 65.8 cm³/mol. The molecule has 1 aromatic rings. The van der Waals surface area contributed by atoms with Gasteiger partial charge in [-0.3, -0.25) is 4.79 Å². The zero-order valence-corrected chi connectivity index (χ0v) is 10.0. The maximum absolute atomic E-state index is 13.5. The van der Waals surface area contributed by atoms with Crippen LogP contribution in [0, 0.1) is 5.82 Å². The van der Waals surface area contributed by atoms with E-state index < -0.39 is 11.7 Å². The number of nitrogens with one attached hydrogen (secondary N) is 1. The highest BCUT2D eigenvalue weighted by molar-refractivity contribution is 5.97. The van der Waals surface area contributed by atoms with E-state index in [-0.39, 0.29) is 23.4 Å². The molecule has 0 heterocycles. The Bertz CT molecular complexity index is 430. The van der Waals surface area contributed by atoms with Crippen LogP contribution in [0.4, 0.5) is 4.39 Å². The van der Waals surface area contributed by atoms with Crippen molar-refractivity contribution in [2.75, 3.05) is 0 Å². The molecule has 0 spiro atoms. The van der Waals surface area contributed by atoms with Crippen molar-refractivity contribution in [3.8, 4) is 5.75 Å². The molecule has 0 radical (unpaired) electrons. The minimum atomic E-state index is -0.725. The first kappa shape index (κ1) is 12.8. The molecule has 18 heavy (non-hydrogen) atoms. The predicted octanol–water partition coefficient (Wildman–Crippen LogP) is 1.53. The van der Waals surface area contributed by atoms with Crippen molar-refractivity contribution in [3.05, 3.63) is 29.6 Å². The van der Waals surface area contributed by atoms with Gasteiger partial charge < -0.3 is 16.2 Å². The Morgan fingerprint density at radius 1 is 1.39 bits per heavy atom. The van der Waals surface area contributed by atoms with Crippen molar-refractivity contribution >= 4 is 5.91 Å². The SMILES string of the molecule is NC1CCCCC1NC(=O)c1c(O)cccc1F. The average molecular weight is 252 g/mol. The molecule has 1 aromatic carbocycles. The largest absolute Gasteiger partial charge is 0.507 e. The molecule has 0 bridgehead atoms. The van der Waals surface area contributed by atoms with Gasteiger partial charge in [0.15, 0.2) is 0 Å². The Morgan fingerprint density at radius 2 is 2.11 bits per heavy atom. The molecular weight excluding hydrogens is 235 g/mol. The van der Waals surface area contributed by atoms with E-state index in [1.165, 1.54) is 12.1 Å². The van der Waals surface area contributed by atoms with E-state index >= 15 is 0 Å². The van der Waals surface area contributed by atoms with Crippen LogP contribution in [0.1, 0.15) is 36.0 Å². The highest BCUT2D eigenvalue weighted by atomic mass is 19.1. The molecule has 2 unspecified atom stereocenters. The number of hydrogen-bond acceptors (Lipinski definition) is 3. The van der Waals surface area contributed by atoms with Gasteiger partial charge in [0.1, 0.15) is 17.1 Å². The molecule has 4 N–H and O–H groups in total. The zero-order valence-electron chi connectivity index (χ0n) is 10.0. The Morgan fingerprint density at radius 3 is 2.78 bits per heavy atom. The first-order chi connectivity index (χ1) is 8.59. The molecule has 1 aliphatic rings. The molecule has 0 saturated heterocycles. The lowest BCUT2D eigenvalue weighted by atomic mass is 9.91. The van der Waals surface area contributed by atoms with E-state index in [4.69, 9.17) is 5.73 Å². The van der Waals surface area contributed by atoms with E-state index in [0.717, 1.165) is 31.7 Å². The number of amides is 1. The molecule has 1 fully saturated rings. The summed E-state index contributed by atoms with van der Waals surface area (Å²) < 4.78 is 13.5. The van der Waals surface area contributed by atoms with Gasteiger partial charge in [-0.1, -0.05) is 18.9 Å². The smallest absolute Gasteiger partial charge is 0.258 e. The fourth-order valence-corrected chi connectivity index (χ4v) is 2.32. The van der Waals surface area contributed by atoms with Gasteiger partial charge in [-0.25, -0.2) is 4.39 Å². The number of hydrogen-bond donors (Lipinski definition) is 3. The summed E-state index contributed by atoms with van der Waals surface area (Å²) in [4.78, 5) is 11.9. The van der Waals surface area contributed by atoms with Crippen LogP contribution in [0.5, 0.6) is 5.75 Å². The van der Waals surface area contributed by atoms with Crippen molar-refractivity contribution < 1.29 is 14.3 Å². The van der Waals surface area contributed by atoms with Gasteiger partial charge in [-0.05, 0) is 25.0 Å². The molecule has 1 saturated carbocycles. The molecule has 2 atom stereocenters. The van der Waals surface area contributed by atoms with Gasteiger partial charge in [-0.15, -0.1) is 0 Å². The van der Waals surface area contributed by atoms with E-state index in [2.05, 4.69) is 5.32 Å². The second kappa shape index (κ2) is 5.35. The molecule has 5 heteroatoms. The number of phenols is 1. The number of carbonyl (C=O) groups is 1. The highest BCUT2D eigenvalue weighted by Crippen LogP contribution is 2.22. The van der Waals surface area contributed by atoms with E-state index in [0.29, 0.717) is 0 Å². The third-order valence-electron chi connectivity index (χ3n) is 3.35. The number of halogens is 1. The number of aromatic hydroxyl groups is 1. The second-order valence-corrected chi connectivity index (χ2v) is 4.66. The van der Waals surface area contributed by atoms with Crippen LogP contribution in [0.3, 0.4) is 0 Å². The van der Waals surface area contributed by atoms with Gasteiger partial charge in [0, 0.05) is 12.1 Å². The number of carbonyl (C=O) groups excluding carboxylic acids is 1.